The van der Waals surface area contributed by atoms with Gasteiger partial charge in [-0.15, -0.1) is 6.58 Å². The third kappa shape index (κ3) is 16.4. The van der Waals surface area contributed by atoms with Crippen LogP contribution < -0.4 is 0 Å². The van der Waals surface area contributed by atoms with E-state index in [0.717, 1.165) is 51.4 Å². The van der Waals surface area contributed by atoms with Crippen molar-refractivity contribution in [3.63, 3.8) is 0 Å². The van der Waals surface area contributed by atoms with Crippen molar-refractivity contribution >= 4 is 5.97 Å². The molecular weight excluding hydrogens is 272 g/mol. The van der Waals surface area contributed by atoms with Crippen molar-refractivity contribution in [3.8, 4) is 23.7 Å². The summed E-state index contributed by atoms with van der Waals surface area (Å²) in [4.78, 5) is 11.1. The van der Waals surface area contributed by atoms with Crippen LogP contribution in [0, 0.1) is 23.7 Å². The lowest BCUT2D eigenvalue weighted by Gasteiger charge is -2.01. The van der Waals surface area contributed by atoms with Gasteiger partial charge < -0.3 is 4.74 Å². The van der Waals surface area contributed by atoms with Gasteiger partial charge in [-0.1, -0.05) is 37.2 Å². The molecule has 0 saturated carbocycles. The number of ether oxygens (including phenoxy) is 1. The lowest BCUT2D eigenvalue weighted by atomic mass is 10.1. The van der Waals surface area contributed by atoms with Crippen molar-refractivity contribution in [1.82, 2.24) is 0 Å². The fourth-order valence-corrected chi connectivity index (χ4v) is 1.96. The summed E-state index contributed by atoms with van der Waals surface area (Å²) in [6.07, 6.45) is 13.2. The van der Waals surface area contributed by atoms with Gasteiger partial charge in [0.25, 0.3) is 0 Å². The average Bonchev–Trinajstić information content (AvgIpc) is 2.51. The molecule has 22 heavy (non-hydrogen) atoms. The van der Waals surface area contributed by atoms with Crippen LogP contribution in [0.3, 0.4) is 0 Å². The molecule has 2 heteroatoms. The SMILES string of the molecule is C=CCCCCC#CC#CCCCCCCCC(=O)OCC. The van der Waals surface area contributed by atoms with Crippen LogP contribution in [0.2, 0.25) is 0 Å². The second kappa shape index (κ2) is 17.4. The van der Waals surface area contributed by atoms with Gasteiger partial charge in [-0.05, 0) is 50.9 Å². The van der Waals surface area contributed by atoms with Crippen molar-refractivity contribution in [2.75, 3.05) is 6.61 Å². The molecule has 0 aromatic rings. The van der Waals surface area contributed by atoms with E-state index < -0.39 is 0 Å². The molecule has 0 amide bonds. The van der Waals surface area contributed by atoms with Crippen molar-refractivity contribution < 1.29 is 9.53 Å². The highest BCUT2D eigenvalue weighted by Crippen LogP contribution is 2.07. The second-order valence-electron chi connectivity index (χ2n) is 5.21. The Kier molecular flexibility index (Phi) is 16.1. The fourth-order valence-electron chi connectivity index (χ4n) is 1.96. The molecule has 0 aliphatic heterocycles. The van der Waals surface area contributed by atoms with E-state index in [1.54, 1.807) is 0 Å². The first kappa shape index (κ1) is 20.3. The van der Waals surface area contributed by atoms with Crippen LogP contribution >= 0.6 is 0 Å². The first-order valence-corrected chi connectivity index (χ1v) is 8.53. The molecule has 0 heterocycles. The van der Waals surface area contributed by atoms with E-state index in [-0.39, 0.29) is 5.97 Å². The van der Waals surface area contributed by atoms with Crippen LogP contribution in [0.4, 0.5) is 0 Å². The van der Waals surface area contributed by atoms with Gasteiger partial charge in [0.05, 0.1) is 6.61 Å². The minimum absolute atomic E-state index is 0.0727. The minimum atomic E-state index is -0.0727. The molecule has 0 unspecified atom stereocenters. The minimum Gasteiger partial charge on any atom is -0.466 e. The van der Waals surface area contributed by atoms with Crippen LogP contribution in [0.1, 0.15) is 77.6 Å². The number of carbonyl (C=O) groups excluding carboxylic acids is 1. The van der Waals surface area contributed by atoms with E-state index in [0.29, 0.717) is 13.0 Å². The van der Waals surface area contributed by atoms with Crippen molar-refractivity contribution in [2.45, 2.75) is 77.6 Å². The summed E-state index contributed by atoms with van der Waals surface area (Å²) in [5.41, 5.74) is 0. The molecule has 0 atom stereocenters. The highest BCUT2D eigenvalue weighted by Gasteiger charge is 2.00. The Hall–Kier alpha value is -1.67. The van der Waals surface area contributed by atoms with Crippen LogP contribution in [0.5, 0.6) is 0 Å². The first-order chi connectivity index (χ1) is 10.8. The maximum Gasteiger partial charge on any atom is 0.305 e. The van der Waals surface area contributed by atoms with Gasteiger partial charge in [0, 0.05) is 19.3 Å². The summed E-state index contributed by atoms with van der Waals surface area (Å²) >= 11 is 0. The predicted octanol–water partition coefficient (Wildman–Crippen LogP) is 5.03. The molecule has 0 aromatic carbocycles. The highest BCUT2D eigenvalue weighted by molar-refractivity contribution is 5.69. The van der Waals surface area contributed by atoms with Gasteiger partial charge >= 0.3 is 5.97 Å². The summed E-state index contributed by atoms with van der Waals surface area (Å²) < 4.78 is 4.89. The fraction of sp³-hybridized carbons (Fsp3) is 0.650. The third-order valence-electron chi connectivity index (χ3n) is 3.19. The largest absolute Gasteiger partial charge is 0.466 e. The quantitative estimate of drug-likeness (QED) is 0.219. The molecule has 0 N–H and O–H groups in total. The zero-order valence-corrected chi connectivity index (χ0v) is 14.1. The van der Waals surface area contributed by atoms with Crippen LogP contribution in [0.25, 0.3) is 0 Å². The zero-order valence-electron chi connectivity index (χ0n) is 14.1. The number of allylic oxidation sites excluding steroid dienone is 1. The number of rotatable bonds is 12. The summed E-state index contributed by atoms with van der Waals surface area (Å²) in [5.74, 6) is 11.9. The molecule has 0 bridgehead atoms. The van der Waals surface area contributed by atoms with Crippen molar-refractivity contribution in [2.24, 2.45) is 0 Å². The Morgan fingerprint density at radius 3 is 2.18 bits per heavy atom. The molecule has 2 nitrogen and oxygen atoms in total. The van der Waals surface area contributed by atoms with Crippen molar-refractivity contribution in [3.05, 3.63) is 12.7 Å². The summed E-state index contributed by atoms with van der Waals surface area (Å²) in [6, 6.07) is 0. The number of hydrogen-bond donors (Lipinski definition) is 0. The molecule has 122 valence electrons. The maximum absolute atomic E-state index is 11.1. The van der Waals surface area contributed by atoms with Gasteiger partial charge in [0.1, 0.15) is 0 Å². The zero-order chi connectivity index (χ0) is 16.3. The third-order valence-corrected chi connectivity index (χ3v) is 3.19. The van der Waals surface area contributed by atoms with E-state index in [4.69, 9.17) is 4.74 Å². The van der Waals surface area contributed by atoms with E-state index in [2.05, 4.69) is 30.3 Å². The second-order valence-corrected chi connectivity index (χ2v) is 5.21. The molecule has 0 radical (unpaired) electrons. The van der Waals surface area contributed by atoms with Crippen LogP contribution in [-0.2, 0) is 9.53 Å². The van der Waals surface area contributed by atoms with Gasteiger partial charge in [-0.2, -0.15) is 0 Å². The Morgan fingerprint density at radius 2 is 1.55 bits per heavy atom. The summed E-state index contributed by atoms with van der Waals surface area (Å²) in [5, 5.41) is 0. The van der Waals surface area contributed by atoms with Crippen LogP contribution in [0.15, 0.2) is 12.7 Å². The van der Waals surface area contributed by atoms with E-state index >= 15 is 0 Å². The van der Waals surface area contributed by atoms with Gasteiger partial charge in [0.2, 0.25) is 0 Å². The molecule has 0 fully saturated rings. The molecule has 0 aliphatic carbocycles. The Bertz CT molecular complexity index is 401. The lowest BCUT2D eigenvalue weighted by Crippen LogP contribution is -2.03. The molecule has 0 aromatic heterocycles. The number of carbonyl (C=O) groups is 1. The monoisotopic (exact) mass is 302 g/mol. The maximum atomic E-state index is 11.1. The normalized spacial score (nSPS) is 9.14. The molecule has 0 saturated heterocycles. The van der Waals surface area contributed by atoms with Crippen molar-refractivity contribution in [1.29, 1.82) is 0 Å². The highest BCUT2D eigenvalue weighted by atomic mass is 16.5. The Morgan fingerprint density at radius 1 is 0.955 bits per heavy atom. The number of esters is 1. The van der Waals surface area contributed by atoms with E-state index in [1.165, 1.54) is 12.8 Å². The molecule has 0 aliphatic rings. The predicted molar refractivity (Wildman–Crippen MR) is 93.2 cm³/mol. The molecular formula is C20H30O2. The molecule has 0 spiro atoms. The number of hydrogen-bond acceptors (Lipinski definition) is 2. The van der Waals surface area contributed by atoms with Gasteiger partial charge in [-0.25, -0.2) is 0 Å². The Balaban J connectivity index is 3.33. The van der Waals surface area contributed by atoms with E-state index in [1.807, 2.05) is 13.0 Å². The Labute approximate surface area is 136 Å². The standard InChI is InChI=1S/C20H30O2/c1-3-5-6-7-8-9-10-11-12-13-14-15-16-17-18-19-20(21)22-4-2/h3H,1,4-8,13-19H2,2H3. The topological polar surface area (TPSA) is 26.3 Å². The smallest absolute Gasteiger partial charge is 0.305 e. The lowest BCUT2D eigenvalue weighted by molar-refractivity contribution is -0.143. The van der Waals surface area contributed by atoms with E-state index in [9.17, 15) is 4.79 Å². The number of unbranched alkanes of at least 4 members (excludes halogenated alkanes) is 8. The summed E-state index contributed by atoms with van der Waals surface area (Å²) in [6.45, 7) is 6.02. The summed E-state index contributed by atoms with van der Waals surface area (Å²) in [7, 11) is 0. The van der Waals surface area contributed by atoms with Crippen LogP contribution in [-0.4, -0.2) is 12.6 Å². The molecule has 0 rings (SSSR count). The van der Waals surface area contributed by atoms with Gasteiger partial charge in [-0.3, -0.25) is 4.79 Å². The average molecular weight is 302 g/mol. The first-order valence-electron chi connectivity index (χ1n) is 8.53. The van der Waals surface area contributed by atoms with Gasteiger partial charge in [0.15, 0.2) is 0 Å².